The van der Waals surface area contributed by atoms with Crippen molar-refractivity contribution in [1.29, 1.82) is 0 Å². The van der Waals surface area contributed by atoms with E-state index in [2.05, 4.69) is 5.10 Å². The molecule has 1 aliphatic heterocycles. The van der Waals surface area contributed by atoms with E-state index in [1.165, 1.54) is 0 Å². The Hall–Kier alpha value is -2.06. The van der Waals surface area contributed by atoms with Crippen LogP contribution in [0.3, 0.4) is 0 Å². The van der Waals surface area contributed by atoms with Crippen molar-refractivity contribution in [3.05, 3.63) is 46.7 Å². The number of amides is 1. The maximum atomic E-state index is 12.9. The number of alkyl halides is 3. The third kappa shape index (κ3) is 3.89. The molecule has 0 spiro atoms. The van der Waals surface area contributed by atoms with Gasteiger partial charge in [0.15, 0.2) is 0 Å². The Morgan fingerprint density at radius 2 is 1.79 bits per heavy atom. The Balaban J connectivity index is 1.70. The molecule has 1 saturated heterocycles. The van der Waals surface area contributed by atoms with Gasteiger partial charge in [0.05, 0.1) is 11.4 Å². The molecule has 3 rings (SSSR count). The number of hydrogen-bond acceptors (Lipinski definition) is 3. The zero-order valence-electron chi connectivity index (χ0n) is 15.5. The van der Waals surface area contributed by atoms with E-state index in [9.17, 15) is 23.1 Å². The first-order valence-corrected chi connectivity index (χ1v) is 9.29. The van der Waals surface area contributed by atoms with Gasteiger partial charge in [0, 0.05) is 29.7 Å². The molecule has 1 atom stereocenters. The van der Waals surface area contributed by atoms with Gasteiger partial charge in [-0.25, -0.2) is 4.68 Å². The van der Waals surface area contributed by atoms with Gasteiger partial charge >= 0.3 is 6.18 Å². The van der Waals surface area contributed by atoms with E-state index < -0.39 is 17.7 Å². The largest absolute Gasteiger partial charge is 0.426 e. The predicted molar refractivity (Wildman–Crippen MR) is 98.5 cm³/mol. The molecule has 9 heteroatoms. The SMILES string of the molecule is Cc1cc(C2CCN(C(=O)C(C)(O)C(F)(F)F)CC2)nn1-c1ccc(Cl)cc1. The third-order valence-electron chi connectivity index (χ3n) is 5.15. The van der Waals surface area contributed by atoms with E-state index in [4.69, 9.17) is 11.6 Å². The van der Waals surface area contributed by atoms with Crippen LogP contribution in [0.4, 0.5) is 13.2 Å². The number of nitrogens with zero attached hydrogens (tertiary/aromatic N) is 3. The molecular formula is C19H21ClF3N3O2. The van der Waals surface area contributed by atoms with Crippen LogP contribution in [0.2, 0.25) is 5.02 Å². The van der Waals surface area contributed by atoms with Gasteiger partial charge in [-0.05, 0) is 57.0 Å². The molecule has 2 heterocycles. The number of aryl methyl sites for hydroxylation is 1. The van der Waals surface area contributed by atoms with Gasteiger partial charge < -0.3 is 10.0 Å². The quantitative estimate of drug-likeness (QED) is 0.828. The van der Waals surface area contributed by atoms with Crippen molar-refractivity contribution in [1.82, 2.24) is 14.7 Å². The molecule has 1 aromatic carbocycles. The number of aromatic nitrogens is 2. The molecule has 1 aliphatic rings. The summed E-state index contributed by atoms with van der Waals surface area (Å²) in [6, 6.07) is 9.20. The molecule has 1 fully saturated rings. The lowest BCUT2D eigenvalue weighted by atomic mass is 9.92. The summed E-state index contributed by atoms with van der Waals surface area (Å²) in [5, 5.41) is 14.9. The van der Waals surface area contributed by atoms with Gasteiger partial charge in [0.2, 0.25) is 5.60 Å². The summed E-state index contributed by atoms with van der Waals surface area (Å²) in [7, 11) is 0. The molecule has 0 radical (unpaired) electrons. The second-order valence-corrected chi connectivity index (χ2v) is 7.67. The minimum atomic E-state index is -5.00. The lowest BCUT2D eigenvalue weighted by Gasteiger charge is -2.36. The highest BCUT2D eigenvalue weighted by molar-refractivity contribution is 6.30. The number of likely N-dealkylation sites (tertiary alicyclic amines) is 1. The fourth-order valence-electron chi connectivity index (χ4n) is 3.35. The molecule has 1 unspecified atom stereocenters. The Bertz CT molecular complexity index is 854. The molecule has 0 bridgehead atoms. The minimum Gasteiger partial charge on any atom is -0.373 e. The molecule has 2 aromatic rings. The van der Waals surface area contributed by atoms with Crippen LogP contribution in [0.25, 0.3) is 5.69 Å². The van der Waals surface area contributed by atoms with Gasteiger partial charge in [-0.3, -0.25) is 4.79 Å². The zero-order valence-corrected chi connectivity index (χ0v) is 16.3. The predicted octanol–water partition coefficient (Wildman–Crippen LogP) is 3.85. The van der Waals surface area contributed by atoms with Gasteiger partial charge in [-0.15, -0.1) is 0 Å². The van der Waals surface area contributed by atoms with E-state index in [0.717, 1.165) is 22.0 Å². The van der Waals surface area contributed by atoms with Crippen molar-refractivity contribution in [3.8, 4) is 5.69 Å². The monoisotopic (exact) mass is 415 g/mol. The standard InChI is InChI=1S/C19H21ClF3N3O2/c1-12-11-16(24-26(12)15-5-3-14(20)4-6-15)13-7-9-25(10-8-13)17(27)18(2,28)19(21,22)23/h3-6,11,13,28H,7-10H2,1-2H3. The van der Waals surface area contributed by atoms with E-state index in [1.807, 2.05) is 25.1 Å². The van der Waals surface area contributed by atoms with Gasteiger partial charge in [0.25, 0.3) is 5.91 Å². The smallest absolute Gasteiger partial charge is 0.373 e. The van der Waals surface area contributed by atoms with Gasteiger partial charge in [0.1, 0.15) is 0 Å². The number of carbonyl (C=O) groups is 1. The first-order valence-electron chi connectivity index (χ1n) is 8.91. The second kappa shape index (κ2) is 7.40. The second-order valence-electron chi connectivity index (χ2n) is 7.24. The number of benzene rings is 1. The fraction of sp³-hybridized carbons (Fsp3) is 0.474. The molecule has 5 nitrogen and oxygen atoms in total. The van der Waals surface area contributed by atoms with Gasteiger partial charge in [-0.1, -0.05) is 11.6 Å². The lowest BCUT2D eigenvalue weighted by Crippen LogP contribution is -2.57. The maximum Gasteiger partial charge on any atom is 0.426 e. The van der Waals surface area contributed by atoms with Crippen LogP contribution in [-0.4, -0.2) is 50.6 Å². The number of hydrogen-bond donors (Lipinski definition) is 1. The number of halogens is 4. The summed E-state index contributed by atoms with van der Waals surface area (Å²) in [4.78, 5) is 13.2. The number of rotatable bonds is 3. The summed E-state index contributed by atoms with van der Waals surface area (Å²) < 4.78 is 40.5. The topological polar surface area (TPSA) is 58.4 Å². The summed E-state index contributed by atoms with van der Waals surface area (Å²) >= 11 is 5.92. The lowest BCUT2D eigenvalue weighted by molar-refractivity contribution is -0.250. The Morgan fingerprint density at radius 3 is 2.32 bits per heavy atom. The highest BCUT2D eigenvalue weighted by atomic mass is 35.5. The van der Waals surface area contributed by atoms with Crippen molar-refractivity contribution in [3.63, 3.8) is 0 Å². The Morgan fingerprint density at radius 1 is 1.21 bits per heavy atom. The molecule has 1 N–H and O–H groups in total. The van der Waals surface area contributed by atoms with Crippen molar-refractivity contribution in [2.75, 3.05) is 13.1 Å². The summed E-state index contributed by atoms with van der Waals surface area (Å²) in [5.74, 6) is -1.27. The van der Waals surface area contributed by atoms with Crippen LogP contribution in [-0.2, 0) is 4.79 Å². The third-order valence-corrected chi connectivity index (χ3v) is 5.40. The first kappa shape index (κ1) is 20.7. The number of carbonyl (C=O) groups excluding carboxylic acids is 1. The molecule has 0 aliphatic carbocycles. The van der Waals surface area contributed by atoms with Crippen LogP contribution in [0, 0.1) is 6.92 Å². The number of piperidine rings is 1. The normalized spacial score (nSPS) is 18.2. The average molecular weight is 416 g/mol. The summed E-state index contributed by atoms with van der Waals surface area (Å²) in [5.41, 5.74) is -0.744. The molecular weight excluding hydrogens is 395 g/mol. The van der Waals surface area contributed by atoms with Crippen LogP contribution >= 0.6 is 11.6 Å². The molecule has 1 aromatic heterocycles. The summed E-state index contributed by atoms with van der Waals surface area (Å²) in [6.07, 6.45) is -4.04. The van der Waals surface area contributed by atoms with E-state index in [1.54, 1.807) is 16.8 Å². The van der Waals surface area contributed by atoms with E-state index in [0.29, 0.717) is 24.8 Å². The molecule has 1 amide bonds. The molecule has 28 heavy (non-hydrogen) atoms. The van der Waals surface area contributed by atoms with E-state index >= 15 is 0 Å². The van der Waals surface area contributed by atoms with Crippen LogP contribution in [0.5, 0.6) is 0 Å². The van der Waals surface area contributed by atoms with Crippen molar-refractivity contribution < 1.29 is 23.1 Å². The van der Waals surface area contributed by atoms with Crippen LogP contribution < -0.4 is 0 Å². The molecule has 152 valence electrons. The molecule has 0 saturated carbocycles. The van der Waals surface area contributed by atoms with Gasteiger partial charge in [-0.2, -0.15) is 18.3 Å². The van der Waals surface area contributed by atoms with Crippen LogP contribution in [0.1, 0.15) is 37.1 Å². The highest BCUT2D eigenvalue weighted by Crippen LogP contribution is 2.34. The van der Waals surface area contributed by atoms with Crippen molar-refractivity contribution in [2.45, 2.75) is 44.4 Å². The van der Waals surface area contributed by atoms with Crippen molar-refractivity contribution >= 4 is 17.5 Å². The summed E-state index contributed by atoms with van der Waals surface area (Å²) in [6.45, 7) is 2.70. The first-order chi connectivity index (χ1) is 13.0. The fourth-order valence-corrected chi connectivity index (χ4v) is 3.47. The minimum absolute atomic E-state index is 0.0344. The van der Waals surface area contributed by atoms with Crippen molar-refractivity contribution in [2.24, 2.45) is 0 Å². The maximum absolute atomic E-state index is 12.9. The Labute approximate surface area is 165 Å². The van der Waals surface area contributed by atoms with E-state index in [-0.39, 0.29) is 19.0 Å². The Kier molecular flexibility index (Phi) is 5.46. The highest BCUT2D eigenvalue weighted by Gasteiger charge is 2.57. The van der Waals surface area contributed by atoms with Crippen LogP contribution in [0.15, 0.2) is 30.3 Å². The zero-order chi connectivity index (χ0) is 20.7. The average Bonchev–Trinajstić information content (AvgIpc) is 3.02. The number of aliphatic hydroxyl groups is 1.